The maximum atomic E-state index is 11.6. The molecule has 1 aliphatic rings. The molecule has 0 saturated heterocycles. The summed E-state index contributed by atoms with van der Waals surface area (Å²) < 4.78 is 1.66. The lowest BCUT2D eigenvalue weighted by molar-refractivity contribution is 0.0690. The van der Waals surface area contributed by atoms with Gasteiger partial charge >= 0.3 is 5.97 Å². The van der Waals surface area contributed by atoms with E-state index in [1.54, 1.807) is 10.6 Å². The number of hydrogen-bond acceptors (Lipinski definition) is 4. The van der Waals surface area contributed by atoms with Gasteiger partial charge in [0.25, 0.3) is 0 Å². The van der Waals surface area contributed by atoms with Crippen LogP contribution in [0.5, 0.6) is 0 Å². The van der Waals surface area contributed by atoms with Gasteiger partial charge in [0.1, 0.15) is 0 Å². The molecule has 0 radical (unpaired) electrons. The van der Waals surface area contributed by atoms with Crippen LogP contribution in [0.2, 0.25) is 0 Å². The number of benzene rings is 1. The average molecular weight is 299 g/mol. The van der Waals surface area contributed by atoms with Crippen molar-refractivity contribution in [3.05, 3.63) is 52.7 Å². The lowest BCUT2D eigenvalue weighted by Gasteiger charge is -2.29. The Bertz CT molecular complexity index is 836. The largest absolute Gasteiger partial charge is 0.476 e. The zero-order valence-corrected chi connectivity index (χ0v) is 12.0. The molecule has 0 saturated carbocycles. The predicted octanol–water partition coefficient (Wildman–Crippen LogP) is 2.66. The smallest absolute Gasteiger partial charge is 0.356 e. The van der Waals surface area contributed by atoms with Crippen molar-refractivity contribution >= 4 is 28.1 Å². The van der Waals surface area contributed by atoms with Crippen molar-refractivity contribution in [3.8, 4) is 0 Å². The molecule has 2 aromatic heterocycles. The number of fused-ring (bicyclic) bond motifs is 2. The molecule has 0 aliphatic carbocycles. The Morgan fingerprint density at radius 2 is 2.10 bits per heavy atom. The number of aromatic nitrogens is 2. The molecule has 106 valence electrons. The average Bonchev–Trinajstić information content (AvgIpc) is 3.06. The number of nitrogens with zero attached hydrogens (tertiary/aromatic N) is 3. The van der Waals surface area contributed by atoms with E-state index >= 15 is 0 Å². The number of imidazole rings is 1. The number of carboxylic acids is 1. The van der Waals surface area contributed by atoms with Gasteiger partial charge in [-0.2, -0.15) is 0 Å². The quantitative estimate of drug-likeness (QED) is 0.790. The fourth-order valence-electron chi connectivity index (χ4n) is 2.87. The maximum Gasteiger partial charge on any atom is 0.356 e. The third-order valence-corrected chi connectivity index (χ3v) is 4.63. The number of rotatable bonds is 2. The molecular formula is C15H13N3O2S. The number of thiazole rings is 1. The Balaban J connectivity index is 1.79. The molecule has 0 atom stereocenters. The van der Waals surface area contributed by atoms with Crippen molar-refractivity contribution in [2.75, 3.05) is 11.4 Å². The second-order valence-electron chi connectivity index (χ2n) is 5.09. The van der Waals surface area contributed by atoms with E-state index in [-0.39, 0.29) is 5.69 Å². The summed E-state index contributed by atoms with van der Waals surface area (Å²) in [5.74, 6) is -0.362. The summed E-state index contributed by atoms with van der Waals surface area (Å²) in [6, 6.07) is 8.30. The molecule has 6 heteroatoms. The molecule has 0 unspecified atom stereocenters. The molecule has 1 aromatic carbocycles. The molecule has 0 bridgehead atoms. The van der Waals surface area contributed by atoms with E-state index in [0.717, 1.165) is 17.9 Å². The van der Waals surface area contributed by atoms with Crippen LogP contribution in [0.15, 0.2) is 35.8 Å². The zero-order valence-electron chi connectivity index (χ0n) is 11.2. The predicted molar refractivity (Wildman–Crippen MR) is 81.2 cm³/mol. The molecule has 0 fully saturated rings. The molecule has 5 nitrogen and oxygen atoms in total. The van der Waals surface area contributed by atoms with Gasteiger partial charge in [-0.05, 0) is 17.5 Å². The van der Waals surface area contributed by atoms with Crippen LogP contribution < -0.4 is 4.90 Å². The van der Waals surface area contributed by atoms with Gasteiger partial charge in [-0.15, -0.1) is 11.3 Å². The van der Waals surface area contributed by atoms with Crippen LogP contribution in [0.4, 0.5) is 5.82 Å². The number of carboxylic acid groups (broad SMARTS) is 1. The molecule has 3 aromatic rings. The van der Waals surface area contributed by atoms with E-state index in [9.17, 15) is 9.90 Å². The topological polar surface area (TPSA) is 57.8 Å². The molecule has 1 aliphatic heterocycles. The zero-order chi connectivity index (χ0) is 14.4. The lowest BCUT2D eigenvalue weighted by atomic mass is 10.00. The second-order valence-corrected chi connectivity index (χ2v) is 5.96. The lowest BCUT2D eigenvalue weighted by Crippen LogP contribution is -2.31. The number of anilines is 1. The number of carbonyl (C=O) groups is 1. The first kappa shape index (κ1) is 12.4. The molecule has 3 heterocycles. The minimum Gasteiger partial charge on any atom is -0.476 e. The van der Waals surface area contributed by atoms with E-state index in [0.29, 0.717) is 12.4 Å². The van der Waals surface area contributed by atoms with Crippen molar-refractivity contribution in [2.24, 2.45) is 0 Å². The van der Waals surface area contributed by atoms with Crippen molar-refractivity contribution < 1.29 is 9.90 Å². The highest BCUT2D eigenvalue weighted by Gasteiger charge is 2.26. The summed E-state index contributed by atoms with van der Waals surface area (Å²) in [4.78, 5) is 18.9. The minimum atomic E-state index is -0.935. The Kier molecular flexibility index (Phi) is 2.71. The van der Waals surface area contributed by atoms with Crippen molar-refractivity contribution in [2.45, 2.75) is 13.0 Å². The SMILES string of the molecule is O=C(O)c1c(N2CCc3ccccc3C2)nc2sccn12. The number of hydrogen-bond donors (Lipinski definition) is 1. The molecule has 1 N–H and O–H groups in total. The highest BCUT2D eigenvalue weighted by Crippen LogP contribution is 2.29. The standard InChI is InChI=1S/C15H13N3O2S/c19-14(20)12-13(16-15-18(12)7-8-21-15)17-6-5-10-3-1-2-4-11(10)9-17/h1-4,7-8H,5-6,9H2,(H,19,20). The van der Waals surface area contributed by atoms with Crippen LogP contribution in [-0.4, -0.2) is 27.0 Å². The van der Waals surface area contributed by atoms with Gasteiger partial charge in [0.2, 0.25) is 0 Å². The van der Waals surface area contributed by atoms with E-state index < -0.39 is 5.97 Å². The second kappa shape index (κ2) is 4.60. The Morgan fingerprint density at radius 3 is 2.90 bits per heavy atom. The summed E-state index contributed by atoms with van der Waals surface area (Å²) in [7, 11) is 0. The summed E-state index contributed by atoms with van der Waals surface area (Å²) in [5.41, 5.74) is 2.84. The summed E-state index contributed by atoms with van der Waals surface area (Å²) in [6.45, 7) is 1.50. The van der Waals surface area contributed by atoms with Crippen LogP contribution in [0.1, 0.15) is 21.6 Å². The van der Waals surface area contributed by atoms with Crippen LogP contribution in [-0.2, 0) is 13.0 Å². The number of aromatic carboxylic acids is 1. The van der Waals surface area contributed by atoms with Crippen LogP contribution >= 0.6 is 11.3 Å². The Morgan fingerprint density at radius 1 is 1.29 bits per heavy atom. The highest BCUT2D eigenvalue weighted by molar-refractivity contribution is 7.15. The van der Waals surface area contributed by atoms with Gasteiger partial charge in [-0.3, -0.25) is 4.40 Å². The first-order valence-electron chi connectivity index (χ1n) is 6.74. The van der Waals surface area contributed by atoms with Gasteiger partial charge in [0.15, 0.2) is 16.5 Å². The third kappa shape index (κ3) is 1.91. The van der Waals surface area contributed by atoms with Gasteiger partial charge in [0, 0.05) is 24.7 Å². The molecular weight excluding hydrogens is 286 g/mol. The summed E-state index contributed by atoms with van der Waals surface area (Å²) in [5, 5.41) is 11.4. The van der Waals surface area contributed by atoms with Crippen LogP contribution in [0.3, 0.4) is 0 Å². The van der Waals surface area contributed by atoms with Crippen molar-refractivity contribution in [1.29, 1.82) is 0 Å². The van der Waals surface area contributed by atoms with Crippen LogP contribution in [0, 0.1) is 0 Å². The van der Waals surface area contributed by atoms with Gasteiger partial charge in [0.05, 0.1) is 0 Å². The Labute approximate surface area is 125 Å². The molecule has 0 spiro atoms. The van der Waals surface area contributed by atoms with Gasteiger partial charge < -0.3 is 10.0 Å². The minimum absolute atomic E-state index is 0.255. The maximum absolute atomic E-state index is 11.6. The van der Waals surface area contributed by atoms with Crippen LogP contribution in [0.25, 0.3) is 4.96 Å². The van der Waals surface area contributed by atoms with Crippen molar-refractivity contribution in [3.63, 3.8) is 0 Å². The monoisotopic (exact) mass is 299 g/mol. The van der Waals surface area contributed by atoms with Gasteiger partial charge in [-0.1, -0.05) is 24.3 Å². The van der Waals surface area contributed by atoms with Gasteiger partial charge in [-0.25, -0.2) is 9.78 Å². The Hall–Kier alpha value is -2.34. The normalized spacial score (nSPS) is 14.4. The molecule has 0 amide bonds. The summed E-state index contributed by atoms with van der Waals surface area (Å²) >= 11 is 1.45. The molecule has 21 heavy (non-hydrogen) atoms. The van der Waals surface area contributed by atoms with E-state index in [4.69, 9.17) is 0 Å². The summed E-state index contributed by atoms with van der Waals surface area (Å²) in [6.07, 6.45) is 2.68. The highest BCUT2D eigenvalue weighted by atomic mass is 32.1. The first-order valence-corrected chi connectivity index (χ1v) is 7.62. The fourth-order valence-corrected chi connectivity index (χ4v) is 3.58. The van der Waals surface area contributed by atoms with Crippen molar-refractivity contribution in [1.82, 2.24) is 9.38 Å². The van der Waals surface area contributed by atoms with E-state index in [1.807, 2.05) is 17.5 Å². The van der Waals surface area contributed by atoms with E-state index in [1.165, 1.54) is 22.5 Å². The first-order chi connectivity index (χ1) is 10.2. The fraction of sp³-hybridized carbons (Fsp3) is 0.200. The molecule has 4 rings (SSSR count). The third-order valence-electron chi connectivity index (χ3n) is 3.88. The van der Waals surface area contributed by atoms with E-state index in [2.05, 4.69) is 22.0 Å².